The Bertz CT molecular complexity index is 1000. The zero-order valence-corrected chi connectivity index (χ0v) is 15.7. The molecule has 0 saturated heterocycles. The number of benzene rings is 3. The average molecular weight is 378 g/mol. The minimum Gasteiger partial charge on any atom is -0.322 e. The van der Waals surface area contributed by atoms with Crippen LogP contribution in [-0.2, 0) is 0 Å². The third-order valence-electron chi connectivity index (χ3n) is 4.05. The van der Waals surface area contributed by atoms with Gasteiger partial charge in [-0.25, -0.2) is 0 Å². The molecule has 0 aliphatic rings. The number of hydrogen-bond donors (Lipinski definition) is 1. The maximum atomic E-state index is 12.8. The summed E-state index contributed by atoms with van der Waals surface area (Å²) >= 11 is 1.40. The lowest BCUT2D eigenvalue weighted by molar-refractivity contribution is -0.384. The van der Waals surface area contributed by atoms with Gasteiger partial charge < -0.3 is 5.32 Å². The van der Waals surface area contributed by atoms with Gasteiger partial charge in [0.15, 0.2) is 0 Å². The predicted octanol–water partition coefficient (Wildman–Crippen LogP) is 5.62. The topological polar surface area (TPSA) is 72.2 Å². The van der Waals surface area contributed by atoms with Crippen LogP contribution in [0.5, 0.6) is 0 Å². The Morgan fingerprint density at radius 3 is 2.41 bits per heavy atom. The Kier molecular flexibility index (Phi) is 5.57. The van der Waals surface area contributed by atoms with E-state index < -0.39 is 4.92 Å². The minimum absolute atomic E-state index is 0.0419. The van der Waals surface area contributed by atoms with Crippen LogP contribution in [0.3, 0.4) is 0 Å². The number of aryl methyl sites for hydroxylation is 2. The number of rotatable bonds is 5. The van der Waals surface area contributed by atoms with Gasteiger partial charge in [-0.1, -0.05) is 36.0 Å². The second-order valence-electron chi connectivity index (χ2n) is 6.12. The molecule has 0 radical (unpaired) electrons. The molecule has 0 aromatic heterocycles. The largest absolute Gasteiger partial charge is 0.322 e. The van der Waals surface area contributed by atoms with Crippen molar-refractivity contribution in [3.05, 3.63) is 93.5 Å². The monoisotopic (exact) mass is 378 g/mol. The van der Waals surface area contributed by atoms with Gasteiger partial charge in [-0.2, -0.15) is 0 Å². The van der Waals surface area contributed by atoms with E-state index in [9.17, 15) is 14.9 Å². The second kappa shape index (κ2) is 8.05. The van der Waals surface area contributed by atoms with E-state index in [1.54, 1.807) is 18.2 Å². The van der Waals surface area contributed by atoms with Gasteiger partial charge in [-0.15, -0.1) is 0 Å². The maximum Gasteiger partial charge on any atom is 0.269 e. The molecule has 27 heavy (non-hydrogen) atoms. The highest BCUT2D eigenvalue weighted by molar-refractivity contribution is 7.99. The van der Waals surface area contributed by atoms with Crippen LogP contribution in [0.25, 0.3) is 0 Å². The first kappa shape index (κ1) is 18.7. The number of carbonyl (C=O) groups excluding carboxylic acids is 1. The molecular weight excluding hydrogens is 360 g/mol. The highest BCUT2D eigenvalue weighted by atomic mass is 32.2. The summed E-state index contributed by atoms with van der Waals surface area (Å²) in [6, 6.07) is 19.5. The van der Waals surface area contributed by atoms with Gasteiger partial charge in [0, 0.05) is 27.6 Å². The van der Waals surface area contributed by atoms with Crippen LogP contribution in [-0.4, -0.2) is 10.8 Å². The summed E-state index contributed by atoms with van der Waals surface area (Å²) < 4.78 is 0. The molecule has 0 bridgehead atoms. The van der Waals surface area contributed by atoms with Crippen LogP contribution in [0.1, 0.15) is 21.5 Å². The molecule has 3 rings (SSSR count). The molecule has 0 fully saturated rings. The fourth-order valence-corrected chi connectivity index (χ4v) is 3.51. The number of nitro groups is 1. The van der Waals surface area contributed by atoms with Crippen LogP contribution in [0, 0.1) is 24.0 Å². The van der Waals surface area contributed by atoms with Gasteiger partial charge in [-0.3, -0.25) is 14.9 Å². The van der Waals surface area contributed by atoms with Crippen molar-refractivity contribution in [3.8, 4) is 0 Å². The van der Waals surface area contributed by atoms with Crippen LogP contribution < -0.4 is 5.32 Å². The van der Waals surface area contributed by atoms with Gasteiger partial charge in [-0.05, 0) is 55.3 Å². The number of nitrogens with one attached hydrogen (secondary N) is 1. The fourth-order valence-electron chi connectivity index (χ4n) is 2.57. The normalized spacial score (nSPS) is 10.4. The van der Waals surface area contributed by atoms with Gasteiger partial charge in [0.1, 0.15) is 0 Å². The molecule has 6 heteroatoms. The third-order valence-corrected chi connectivity index (χ3v) is 5.13. The van der Waals surface area contributed by atoms with Gasteiger partial charge in [0.2, 0.25) is 0 Å². The second-order valence-corrected chi connectivity index (χ2v) is 7.24. The summed E-state index contributed by atoms with van der Waals surface area (Å²) in [5, 5.41) is 13.8. The minimum atomic E-state index is -0.431. The predicted molar refractivity (Wildman–Crippen MR) is 108 cm³/mol. The van der Waals surface area contributed by atoms with Gasteiger partial charge in [0.05, 0.1) is 10.5 Å². The number of non-ortho nitro benzene ring substituents is 1. The molecule has 1 N–H and O–H groups in total. The third kappa shape index (κ3) is 4.54. The molecule has 3 aromatic rings. The smallest absolute Gasteiger partial charge is 0.269 e. The zero-order chi connectivity index (χ0) is 19.4. The van der Waals surface area contributed by atoms with E-state index in [1.807, 2.05) is 50.2 Å². The molecule has 136 valence electrons. The number of nitro benzene ring substituents is 1. The molecule has 0 spiro atoms. The Hall–Kier alpha value is -3.12. The van der Waals surface area contributed by atoms with Crippen LogP contribution >= 0.6 is 11.8 Å². The Morgan fingerprint density at radius 1 is 1.00 bits per heavy atom. The first-order valence-electron chi connectivity index (χ1n) is 8.34. The number of anilines is 1. The van der Waals surface area contributed by atoms with Crippen LogP contribution in [0.4, 0.5) is 11.4 Å². The average Bonchev–Trinajstić information content (AvgIpc) is 2.65. The SMILES string of the molecule is Cc1ccc(C)c(NC(=O)c2ccccc2Sc2ccc([N+](=O)[O-])cc2)c1. The van der Waals surface area contributed by atoms with Crippen molar-refractivity contribution >= 4 is 29.0 Å². The standard InChI is InChI=1S/C21H18N2O3S/c1-14-7-8-15(2)19(13-14)22-21(24)18-5-3-4-6-20(18)27-17-11-9-16(10-12-17)23(25)26/h3-13H,1-2H3,(H,22,24). The summed E-state index contributed by atoms with van der Waals surface area (Å²) in [5.74, 6) is -0.186. The van der Waals surface area contributed by atoms with Crippen molar-refractivity contribution in [2.75, 3.05) is 5.32 Å². The highest BCUT2D eigenvalue weighted by Gasteiger charge is 2.14. The zero-order valence-electron chi connectivity index (χ0n) is 14.9. The molecular formula is C21H18N2O3S. The molecule has 0 aliphatic heterocycles. The van der Waals surface area contributed by atoms with Crippen molar-refractivity contribution in [2.24, 2.45) is 0 Å². The Morgan fingerprint density at radius 2 is 1.70 bits per heavy atom. The summed E-state index contributed by atoms with van der Waals surface area (Å²) in [7, 11) is 0. The van der Waals surface area contributed by atoms with Crippen LogP contribution in [0.2, 0.25) is 0 Å². The van der Waals surface area contributed by atoms with Gasteiger partial charge in [0.25, 0.3) is 11.6 Å². The molecule has 0 atom stereocenters. The van der Waals surface area contributed by atoms with E-state index in [0.717, 1.165) is 26.6 Å². The van der Waals surface area contributed by atoms with Crippen molar-refractivity contribution in [1.82, 2.24) is 0 Å². The summed E-state index contributed by atoms with van der Waals surface area (Å²) in [6.45, 7) is 3.93. The van der Waals surface area contributed by atoms with E-state index in [-0.39, 0.29) is 11.6 Å². The first-order chi connectivity index (χ1) is 12.9. The highest BCUT2D eigenvalue weighted by Crippen LogP contribution is 2.32. The van der Waals surface area contributed by atoms with Crippen molar-refractivity contribution in [3.63, 3.8) is 0 Å². The first-order valence-corrected chi connectivity index (χ1v) is 9.15. The molecule has 0 saturated carbocycles. The molecule has 0 aliphatic carbocycles. The number of amides is 1. The quantitative estimate of drug-likeness (QED) is 0.462. The summed E-state index contributed by atoms with van der Waals surface area (Å²) in [4.78, 5) is 24.8. The fraction of sp³-hybridized carbons (Fsp3) is 0.0952. The lowest BCUT2D eigenvalue weighted by Crippen LogP contribution is -2.13. The van der Waals surface area contributed by atoms with Crippen molar-refractivity contribution in [2.45, 2.75) is 23.6 Å². The molecule has 3 aromatic carbocycles. The molecule has 0 heterocycles. The number of nitrogens with zero attached hydrogens (tertiary/aromatic N) is 1. The van der Waals surface area contributed by atoms with E-state index >= 15 is 0 Å². The lowest BCUT2D eigenvalue weighted by atomic mass is 10.1. The molecule has 1 amide bonds. The lowest BCUT2D eigenvalue weighted by Gasteiger charge is -2.12. The number of hydrogen-bond acceptors (Lipinski definition) is 4. The molecule has 5 nitrogen and oxygen atoms in total. The molecule has 0 unspecified atom stereocenters. The van der Waals surface area contributed by atoms with E-state index in [1.165, 1.54) is 23.9 Å². The van der Waals surface area contributed by atoms with E-state index in [0.29, 0.717) is 5.56 Å². The van der Waals surface area contributed by atoms with E-state index in [4.69, 9.17) is 0 Å². The Balaban J connectivity index is 1.83. The van der Waals surface area contributed by atoms with Crippen molar-refractivity contribution in [1.29, 1.82) is 0 Å². The Labute approximate surface area is 161 Å². The van der Waals surface area contributed by atoms with Gasteiger partial charge >= 0.3 is 0 Å². The van der Waals surface area contributed by atoms with Crippen molar-refractivity contribution < 1.29 is 9.72 Å². The summed E-state index contributed by atoms with van der Waals surface area (Å²) in [6.07, 6.45) is 0. The van der Waals surface area contributed by atoms with Crippen LogP contribution in [0.15, 0.2) is 76.5 Å². The number of carbonyl (C=O) groups is 1. The maximum absolute atomic E-state index is 12.8. The van der Waals surface area contributed by atoms with E-state index in [2.05, 4.69) is 5.32 Å². The summed E-state index contributed by atoms with van der Waals surface area (Å²) in [5.41, 5.74) is 3.45.